The minimum absolute atomic E-state index is 0. The number of hydrogen-bond donors (Lipinski definition) is 2. The molecule has 1 aromatic carbocycles. The Morgan fingerprint density at radius 1 is 1.39 bits per heavy atom. The smallest absolute Gasteiger partial charge is 0.227 e. The lowest BCUT2D eigenvalue weighted by Gasteiger charge is -2.15. The number of nitrogens with zero attached hydrogens (tertiary/aromatic N) is 2. The number of nitrogens with one attached hydrogen (secondary N) is 1. The first-order valence-electron chi connectivity index (χ1n) is 8.19. The van der Waals surface area contributed by atoms with Crippen LogP contribution in [0.15, 0.2) is 24.3 Å². The van der Waals surface area contributed by atoms with Gasteiger partial charge in [0.1, 0.15) is 0 Å². The van der Waals surface area contributed by atoms with Crippen LogP contribution in [0.5, 0.6) is 0 Å². The fourth-order valence-electron chi connectivity index (χ4n) is 3.35. The van der Waals surface area contributed by atoms with Gasteiger partial charge in [-0.05, 0) is 37.3 Å². The van der Waals surface area contributed by atoms with Crippen molar-refractivity contribution in [2.75, 3.05) is 5.32 Å². The third kappa shape index (κ3) is 3.85. The highest BCUT2D eigenvalue weighted by atomic mass is 35.5. The number of hydrogen-bond acceptors (Lipinski definition) is 3. The average molecular weight is 337 g/mol. The first kappa shape index (κ1) is 17.8. The molecule has 0 unspecified atom stereocenters. The second-order valence-electron chi connectivity index (χ2n) is 6.18. The summed E-state index contributed by atoms with van der Waals surface area (Å²) in [6.45, 7) is 2.97. The number of imidazole rings is 1. The van der Waals surface area contributed by atoms with Gasteiger partial charge in [0.25, 0.3) is 0 Å². The quantitative estimate of drug-likeness (QED) is 0.879. The molecule has 1 aliphatic rings. The van der Waals surface area contributed by atoms with E-state index in [-0.39, 0.29) is 24.4 Å². The molecule has 6 heteroatoms. The van der Waals surface area contributed by atoms with Crippen molar-refractivity contribution in [3.05, 3.63) is 24.3 Å². The summed E-state index contributed by atoms with van der Waals surface area (Å²) in [5.74, 6) is 0.985. The molecule has 3 rings (SSSR count). The largest absolute Gasteiger partial charge is 0.327 e. The maximum atomic E-state index is 12.3. The molecule has 23 heavy (non-hydrogen) atoms. The van der Waals surface area contributed by atoms with Gasteiger partial charge in [-0.2, -0.15) is 0 Å². The summed E-state index contributed by atoms with van der Waals surface area (Å²) in [7, 11) is 0. The molecule has 2 atom stereocenters. The van der Waals surface area contributed by atoms with Crippen molar-refractivity contribution in [3.8, 4) is 0 Å². The Balaban J connectivity index is 0.00000192. The fraction of sp³-hybridized carbons (Fsp3) is 0.529. The lowest BCUT2D eigenvalue weighted by atomic mass is 10.00. The monoisotopic (exact) mass is 336 g/mol. The van der Waals surface area contributed by atoms with Gasteiger partial charge >= 0.3 is 0 Å². The molecule has 1 heterocycles. The third-order valence-corrected chi connectivity index (χ3v) is 4.52. The zero-order valence-corrected chi connectivity index (χ0v) is 14.3. The molecule has 1 amide bonds. The normalized spacial score (nSPS) is 20.4. The molecule has 5 nitrogen and oxygen atoms in total. The van der Waals surface area contributed by atoms with Crippen molar-refractivity contribution in [3.63, 3.8) is 0 Å². The standard InChI is InChI=1S/C17H24N4O.ClH/c1-2-10-21-15-9-4-3-8-14(15)19-17(21)20-16(22)11-12-6-5-7-13(12)18;/h3-4,8-9,12-13H,2,5-7,10-11,18H2,1H3,(H,19,20,22);1H/t12-,13+;/m0./s1. The molecule has 1 fully saturated rings. The zero-order chi connectivity index (χ0) is 15.5. The summed E-state index contributed by atoms with van der Waals surface area (Å²) in [4.78, 5) is 16.9. The summed E-state index contributed by atoms with van der Waals surface area (Å²) in [6.07, 6.45) is 4.72. The number of carbonyl (C=O) groups is 1. The molecule has 126 valence electrons. The maximum absolute atomic E-state index is 12.3. The van der Waals surface area contributed by atoms with Crippen LogP contribution < -0.4 is 11.1 Å². The second kappa shape index (κ2) is 7.79. The molecular weight excluding hydrogens is 312 g/mol. The van der Waals surface area contributed by atoms with Crippen molar-refractivity contribution >= 4 is 35.3 Å². The number of rotatable bonds is 5. The number of halogens is 1. The van der Waals surface area contributed by atoms with Gasteiger partial charge in [-0.15, -0.1) is 12.4 Å². The molecule has 0 aliphatic heterocycles. The van der Waals surface area contributed by atoms with Crippen LogP contribution in [-0.4, -0.2) is 21.5 Å². The fourth-order valence-corrected chi connectivity index (χ4v) is 3.35. The number of nitrogens with two attached hydrogens (primary N) is 1. The van der Waals surface area contributed by atoms with E-state index in [2.05, 4.69) is 21.8 Å². The van der Waals surface area contributed by atoms with Crippen molar-refractivity contribution in [1.82, 2.24) is 9.55 Å². The Morgan fingerprint density at radius 3 is 2.87 bits per heavy atom. The van der Waals surface area contributed by atoms with Gasteiger partial charge in [0.2, 0.25) is 11.9 Å². The van der Waals surface area contributed by atoms with E-state index in [0.29, 0.717) is 18.3 Å². The second-order valence-corrected chi connectivity index (χ2v) is 6.18. The number of anilines is 1. The van der Waals surface area contributed by atoms with E-state index in [1.807, 2.05) is 24.3 Å². The number of aryl methyl sites for hydroxylation is 1. The van der Waals surface area contributed by atoms with Gasteiger partial charge in [0.15, 0.2) is 0 Å². The number of carbonyl (C=O) groups excluding carboxylic acids is 1. The van der Waals surface area contributed by atoms with E-state index in [9.17, 15) is 4.79 Å². The predicted molar refractivity (Wildman–Crippen MR) is 95.8 cm³/mol. The van der Waals surface area contributed by atoms with Gasteiger partial charge in [-0.1, -0.05) is 25.5 Å². The van der Waals surface area contributed by atoms with Crippen LogP contribution in [0.25, 0.3) is 11.0 Å². The van der Waals surface area contributed by atoms with Crippen molar-refractivity contribution in [2.24, 2.45) is 11.7 Å². The first-order chi connectivity index (χ1) is 10.7. The summed E-state index contributed by atoms with van der Waals surface area (Å²) >= 11 is 0. The van der Waals surface area contributed by atoms with Crippen molar-refractivity contribution in [2.45, 2.75) is 51.6 Å². The van der Waals surface area contributed by atoms with E-state index in [4.69, 9.17) is 5.73 Å². The Labute approximate surface area is 143 Å². The molecule has 2 aromatic rings. The lowest BCUT2D eigenvalue weighted by Crippen LogP contribution is -2.28. The average Bonchev–Trinajstić information content (AvgIpc) is 3.05. The first-order valence-corrected chi connectivity index (χ1v) is 8.19. The molecular formula is C17H25ClN4O. The van der Waals surface area contributed by atoms with Crippen LogP contribution in [0.2, 0.25) is 0 Å². The van der Waals surface area contributed by atoms with Crippen LogP contribution in [0.1, 0.15) is 39.0 Å². The third-order valence-electron chi connectivity index (χ3n) is 4.52. The minimum Gasteiger partial charge on any atom is -0.327 e. The molecule has 3 N–H and O–H groups in total. The summed E-state index contributed by atoms with van der Waals surface area (Å²) in [6, 6.07) is 8.15. The van der Waals surface area contributed by atoms with E-state index in [0.717, 1.165) is 43.3 Å². The summed E-state index contributed by atoms with van der Waals surface area (Å²) in [5.41, 5.74) is 8.05. The highest BCUT2D eigenvalue weighted by Gasteiger charge is 2.26. The molecule has 1 saturated carbocycles. The van der Waals surface area contributed by atoms with Gasteiger partial charge in [-0.25, -0.2) is 4.98 Å². The Kier molecular flexibility index (Phi) is 6.02. The number of amides is 1. The SMILES string of the molecule is CCCn1c(NC(=O)C[C@@H]2CCC[C@H]2N)nc2ccccc21.Cl. The van der Waals surface area contributed by atoms with Crippen LogP contribution in [0, 0.1) is 5.92 Å². The van der Waals surface area contributed by atoms with Crippen molar-refractivity contribution in [1.29, 1.82) is 0 Å². The Hall–Kier alpha value is -1.59. The lowest BCUT2D eigenvalue weighted by molar-refractivity contribution is -0.117. The van der Waals surface area contributed by atoms with E-state index in [1.54, 1.807) is 0 Å². The van der Waals surface area contributed by atoms with Gasteiger partial charge in [-0.3, -0.25) is 10.1 Å². The van der Waals surface area contributed by atoms with Gasteiger partial charge in [0, 0.05) is 19.0 Å². The predicted octanol–water partition coefficient (Wildman–Crippen LogP) is 3.32. The number of benzene rings is 1. The van der Waals surface area contributed by atoms with Crippen LogP contribution >= 0.6 is 12.4 Å². The minimum atomic E-state index is 0. The van der Waals surface area contributed by atoms with E-state index >= 15 is 0 Å². The van der Waals surface area contributed by atoms with Crippen LogP contribution in [0.3, 0.4) is 0 Å². The summed E-state index contributed by atoms with van der Waals surface area (Å²) in [5, 5.41) is 2.99. The number of fused-ring (bicyclic) bond motifs is 1. The van der Waals surface area contributed by atoms with Crippen LogP contribution in [0.4, 0.5) is 5.95 Å². The topological polar surface area (TPSA) is 72.9 Å². The van der Waals surface area contributed by atoms with Crippen molar-refractivity contribution < 1.29 is 4.79 Å². The summed E-state index contributed by atoms with van der Waals surface area (Å²) < 4.78 is 2.09. The number of para-hydroxylation sites is 2. The molecule has 0 radical (unpaired) electrons. The highest BCUT2D eigenvalue weighted by molar-refractivity contribution is 5.91. The van der Waals surface area contributed by atoms with Gasteiger partial charge < -0.3 is 10.3 Å². The molecule has 0 bridgehead atoms. The van der Waals surface area contributed by atoms with E-state index < -0.39 is 0 Å². The molecule has 1 aliphatic carbocycles. The molecule has 0 saturated heterocycles. The highest BCUT2D eigenvalue weighted by Crippen LogP contribution is 2.27. The number of aromatic nitrogens is 2. The Bertz CT molecular complexity index is 670. The van der Waals surface area contributed by atoms with E-state index in [1.165, 1.54) is 0 Å². The molecule has 1 aromatic heterocycles. The Morgan fingerprint density at radius 2 is 2.17 bits per heavy atom. The zero-order valence-electron chi connectivity index (χ0n) is 13.5. The maximum Gasteiger partial charge on any atom is 0.227 e. The van der Waals surface area contributed by atoms with Crippen LogP contribution in [-0.2, 0) is 11.3 Å². The van der Waals surface area contributed by atoms with Gasteiger partial charge in [0.05, 0.1) is 11.0 Å². The molecule has 0 spiro atoms.